The Morgan fingerprint density at radius 3 is 2.52 bits per heavy atom. The van der Waals surface area contributed by atoms with E-state index in [0.29, 0.717) is 46.8 Å². The molecule has 1 saturated heterocycles. The molecule has 2 amide bonds. The van der Waals surface area contributed by atoms with Crippen molar-refractivity contribution in [3.05, 3.63) is 58.4 Å². The van der Waals surface area contributed by atoms with Gasteiger partial charge in [-0.25, -0.2) is 13.6 Å². The zero-order valence-corrected chi connectivity index (χ0v) is 24.2. The second-order valence-corrected chi connectivity index (χ2v) is 11.7. The van der Waals surface area contributed by atoms with Crippen LogP contribution in [0.4, 0.5) is 14.5 Å². The number of piperazine rings is 1. The number of ether oxygens (including phenoxy) is 1. The molecular formula is C30H36ClF2N5O4. The molecule has 0 bridgehead atoms. The summed E-state index contributed by atoms with van der Waals surface area (Å²) in [6.45, 7) is -0.757. The van der Waals surface area contributed by atoms with Crippen LogP contribution in [-0.4, -0.2) is 78.3 Å². The molecule has 1 aromatic carbocycles. The van der Waals surface area contributed by atoms with Gasteiger partial charge in [0, 0.05) is 71.1 Å². The van der Waals surface area contributed by atoms with Gasteiger partial charge in [-0.2, -0.15) is 0 Å². The smallest absolute Gasteiger partial charge is 0.339 e. The molecule has 2 N–H and O–H groups in total. The van der Waals surface area contributed by atoms with Crippen LogP contribution in [0, 0.1) is 11.3 Å². The van der Waals surface area contributed by atoms with E-state index in [2.05, 4.69) is 15.6 Å². The fourth-order valence-corrected chi connectivity index (χ4v) is 5.91. The van der Waals surface area contributed by atoms with E-state index in [4.69, 9.17) is 19.1 Å². The fraction of sp³-hybridized carbons (Fsp3) is 0.533. The van der Waals surface area contributed by atoms with Crippen molar-refractivity contribution in [1.29, 1.82) is 0 Å². The first-order valence-electron chi connectivity index (χ1n) is 15.1. The number of benzene rings is 1. The summed E-state index contributed by atoms with van der Waals surface area (Å²) in [7, 11) is 1.29. The van der Waals surface area contributed by atoms with E-state index in [-0.39, 0.29) is 75.3 Å². The van der Waals surface area contributed by atoms with Crippen LogP contribution in [0.25, 0.3) is 0 Å². The van der Waals surface area contributed by atoms with Crippen LogP contribution in [0.3, 0.4) is 0 Å². The van der Waals surface area contributed by atoms with Gasteiger partial charge in [-0.1, -0.05) is 11.6 Å². The maximum absolute atomic E-state index is 13.5. The number of carbonyl (C=O) groups is 3. The first-order valence-corrected chi connectivity index (χ1v) is 14.5. The number of esters is 1. The maximum Gasteiger partial charge on any atom is 0.339 e. The number of hydrogen-bond donors (Lipinski definition) is 2. The highest BCUT2D eigenvalue weighted by atomic mass is 35.5. The Kier molecular flexibility index (Phi) is 8.20. The first-order chi connectivity index (χ1) is 20.8. The van der Waals surface area contributed by atoms with Crippen LogP contribution >= 0.6 is 11.6 Å². The standard InChI is InChI=1S/C30H36ClF2N5O4/c1-42-28(41)20-2-4-23(34-16-20)17-35-25-5-3-22(31)14-21(25)19-37-10-12-38(13-11-37)26(39)18-36-27(40)24-15-29(24)6-8-30(32,33)9-7-29/h2-5,14,16,24,35H,6-13,15,17-19H2,1H3,(H,36,40)/i19D2. The van der Waals surface area contributed by atoms with Crippen molar-refractivity contribution in [2.24, 2.45) is 11.3 Å². The first kappa shape index (κ1) is 27.5. The van der Waals surface area contributed by atoms with Crippen molar-refractivity contribution in [3.63, 3.8) is 0 Å². The largest absolute Gasteiger partial charge is 0.465 e. The van der Waals surface area contributed by atoms with Crippen molar-refractivity contribution in [2.75, 3.05) is 45.2 Å². The van der Waals surface area contributed by atoms with E-state index in [0.717, 1.165) is 0 Å². The van der Waals surface area contributed by atoms with E-state index in [9.17, 15) is 23.2 Å². The molecule has 2 aromatic rings. The van der Waals surface area contributed by atoms with Gasteiger partial charge in [0.05, 0.1) is 31.5 Å². The predicted octanol–water partition coefficient (Wildman–Crippen LogP) is 4.11. The van der Waals surface area contributed by atoms with Gasteiger partial charge >= 0.3 is 5.97 Å². The number of pyridine rings is 1. The van der Waals surface area contributed by atoms with Gasteiger partial charge in [-0.3, -0.25) is 19.5 Å². The summed E-state index contributed by atoms with van der Waals surface area (Å²) in [5.74, 6) is -3.97. The fourth-order valence-electron chi connectivity index (χ4n) is 5.74. The molecule has 3 aliphatic rings. The Morgan fingerprint density at radius 1 is 1.12 bits per heavy atom. The summed E-state index contributed by atoms with van der Waals surface area (Å²) in [4.78, 5) is 44.7. The molecule has 3 fully saturated rings. The molecule has 226 valence electrons. The summed E-state index contributed by atoms with van der Waals surface area (Å²) in [6.07, 6.45) is 2.30. The minimum Gasteiger partial charge on any atom is -0.465 e. The van der Waals surface area contributed by atoms with Gasteiger partial charge in [0.15, 0.2) is 0 Å². The number of rotatable bonds is 9. The quantitative estimate of drug-likeness (QED) is 0.415. The SMILES string of the molecule is [2H]C([2H])(c1cc(Cl)ccc1NCc1ccc(C(=O)OC)cn1)N1CCN(C(=O)CNC(=O)C2CC23CCC(F)(F)CC3)CC1. The summed E-state index contributed by atoms with van der Waals surface area (Å²) in [5, 5.41) is 6.28. The Hall–Kier alpha value is -3.31. The Balaban J connectivity index is 1.13. The lowest BCUT2D eigenvalue weighted by Crippen LogP contribution is -2.51. The van der Waals surface area contributed by atoms with Gasteiger partial charge < -0.3 is 20.3 Å². The number of methoxy groups -OCH3 is 1. The molecule has 0 radical (unpaired) electrons. The highest BCUT2D eigenvalue weighted by Gasteiger charge is 2.60. The summed E-state index contributed by atoms with van der Waals surface area (Å²) >= 11 is 6.26. The zero-order chi connectivity index (χ0) is 31.7. The molecule has 1 unspecified atom stereocenters. The number of nitrogens with one attached hydrogen (secondary N) is 2. The number of halogens is 3. The summed E-state index contributed by atoms with van der Waals surface area (Å²) < 4.78 is 49.7. The third kappa shape index (κ3) is 7.18. The lowest BCUT2D eigenvalue weighted by Gasteiger charge is -2.35. The van der Waals surface area contributed by atoms with Crippen LogP contribution in [-0.2, 0) is 27.4 Å². The van der Waals surface area contributed by atoms with Gasteiger partial charge in [0.25, 0.3) is 0 Å². The highest BCUT2D eigenvalue weighted by molar-refractivity contribution is 6.30. The summed E-state index contributed by atoms with van der Waals surface area (Å²) in [6, 6.07) is 8.22. The average Bonchev–Trinajstić information content (AvgIpc) is 3.74. The molecule has 1 aliphatic heterocycles. The van der Waals surface area contributed by atoms with Crippen LogP contribution < -0.4 is 10.6 Å². The van der Waals surface area contributed by atoms with Gasteiger partial charge in [-0.05, 0) is 60.6 Å². The third-order valence-corrected chi connectivity index (χ3v) is 8.73. The lowest BCUT2D eigenvalue weighted by atomic mass is 9.82. The van der Waals surface area contributed by atoms with E-state index in [1.807, 2.05) is 0 Å². The maximum atomic E-state index is 13.5. The van der Waals surface area contributed by atoms with Crippen molar-refractivity contribution in [1.82, 2.24) is 20.1 Å². The zero-order valence-electron chi connectivity index (χ0n) is 25.4. The minimum absolute atomic E-state index is 0.175. The monoisotopic (exact) mass is 605 g/mol. The second kappa shape index (κ2) is 12.5. The topological polar surface area (TPSA) is 104 Å². The van der Waals surface area contributed by atoms with Crippen molar-refractivity contribution >= 4 is 35.1 Å². The third-order valence-electron chi connectivity index (χ3n) is 8.50. The van der Waals surface area contributed by atoms with E-state index < -0.39 is 18.4 Å². The molecule has 1 spiro atoms. The van der Waals surface area contributed by atoms with Crippen LogP contribution in [0.5, 0.6) is 0 Å². The van der Waals surface area contributed by atoms with Crippen LogP contribution in [0.1, 0.15) is 56.5 Å². The normalized spacial score (nSPS) is 22.1. The highest BCUT2D eigenvalue weighted by Crippen LogP contribution is 2.63. The molecule has 2 heterocycles. The van der Waals surface area contributed by atoms with Crippen LogP contribution in [0.15, 0.2) is 36.5 Å². The number of alkyl halides is 2. The molecule has 2 saturated carbocycles. The lowest BCUT2D eigenvalue weighted by molar-refractivity contribution is -0.135. The molecule has 12 heteroatoms. The van der Waals surface area contributed by atoms with Gasteiger partial charge in [0.1, 0.15) is 0 Å². The predicted molar refractivity (Wildman–Crippen MR) is 153 cm³/mol. The Morgan fingerprint density at radius 2 is 1.86 bits per heavy atom. The van der Waals surface area contributed by atoms with E-state index >= 15 is 0 Å². The number of nitrogens with zero attached hydrogens (tertiary/aromatic N) is 3. The average molecular weight is 606 g/mol. The molecule has 5 rings (SSSR count). The number of amides is 2. The van der Waals surface area contributed by atoms with Gasteiger partial charge in [0.2, 0.25) is 17.7 Å². The minimum atomic E-state index is -2.65. The number of carbonyl (C=O) groups excluding carboxylic acids is 3. The Labute approximate surface area is 251 Å². The van der Waals surface area contributed by atoms with Crippen molar-refractivity contribution in [2.45, 2.75) is 51.1 Å². The molecule has 1 atom stereocenters. The number of hydrogen-bond acceptors (Lipinski definition) is 7. The van der Waals surface area contributed by atoms with Crippen molar-refractivity contribution < 1.29 is 30.6 Å². The van der Waals surface area contributed by atoms with E-state index in [1.54, 1.807) is 40.1 Å². The second-order valence-electron chi connectivity index (χ2n) is 11.2. The van der Waals surface area contributed by atoms with Crippen LogP contribution in [0.2, 0.25) is 5.02 Å². The molecule has 9 nitrogen and oxygen atoms in total. The Bertz CT molecular complexity index is 1400. The molecule has 1 aromatic heterocycles. The van der Waals surface area contributed by atoms with E-state index in [1.165, 1.54) is 13.3 Å². The molecular weight excluding hydrogens is 568 g/mol. The van der Waals surface area contributed by atoms with Gasteiger partial charge in [-0.15, -0.1) is 0 Å². The molecule has 2 aliphatic carbocycles. The van der Waals surface area contributed by atoms with Crippen molar-refractivity contribution in [3.8, 4) is 0 Å². The molecule has 42 heavy (non-hydrogen) atoms. The number of aromatic nitrogens is 1. The number of anilines is 1. The summed E-state index contributed by atoms with van der Waals surface area (Å²) in [5.41, 5.74) is 1.48.